The van der Waals surface area contributed by atoms with Crippen molar-refractivity contribution >= 4 is 114 Å². The number of nitrogens with zero attached hydrogens (tertiary/aromatic N) is 3. The number of anilines is 6. The summed E-state index contributed by atoms with van der Waals surface area (Å²) >= 11 is 0. The quantitative estimate of drug-likeness (QED) is 0.179. The Morgan fingerprint density at radius 2 is 0.987 bits per heavy atom. The smallest absolute Gasteiger partial charge is 0.333 e. The molecular formula is C70H65B2N4. The third kappa shape index (κ3) is 6.78. The van der Waals surface area contributed by atoms with Crippen molar-refractivity contribution in [3.05, 3.63) is 192 Å². The Morgan fingerprint density at radius 1 is 0.434 bits per heavy atom. The predicted molar refractivity (Wildman–Crippen MR) is 329 cm³/mol. The highest BCUT2D eigenvalue weighted by atomic mass is 15.2. The van der Waals surface area contributed by atoms with Crippen LogP contribution in [0.3, 0.4) is 0 Å². The highest BCUT2D eigenvalue weighted by Crippen LogP contribution is 2.53. The van der Waals surface area contributed by atoms with Gasteiger partial charge < -0.3 is 19.3 Å². The number of aromatic nitrogens is 2. The summed E-state index contributed by atoms with van der Waals surface area (Å²) in [6, 6.07) is 65.5. The fraction of sp³-hybridized carbons (Fsp3) is 0.229. The van der Waals surface area contributed by atoms with Crippen LogP contribution in [0, 0.1) is 0 Å². The molecule has 0 aliphatic carbocycles. The maximum atomic E-state index is 4.15. The van der Waals surface area contributed by atoms with Crippen molar-refractivity contribution in [2.24, 2.45) is 0 Å². The van der Waals surface area contributed by atoms with Crippen molar-refractivity contribution < 1.29 is 0 Å². The number of rotatable bonds is 3. The van der Waals surface area contributed by atoms with Crippen molar-refractivity contribution in [3.8, 4) is 22.3 Å². The van der Waals surface area contributed by atoms with Gasteiger partial charge in [-0.05, 0) is 132 Å². The first-order valence-electron chi connectivity index (χ1n) is 27.5. The van der Waals surface area contributed by atoms with Crippen LogP contribution in [0.15, 0.2) is 170 Å². The number of fused-ring (bicyclic) bond motifs is 13. The van der Waals surface area contributed by atoms with Crippen LogP contribution in [-0.4, -0.2) is 23.6 Å². The summed E-state index contributed by atoms with van der Waals surface area (Å²) in [4.78, 5) is 9.23. The first-order chi connectivity index (χ1) is 36.3. The second-order valence-electron chi connectivity index (χ2n) is 26.1. The molecule has 9 aromatic carbocycles. The number of benzene rings is 9. The summed E-state index contributed by atoms with van der Waals surface area (Å²) in [6.45, 7) is 27.7. The molecule has 0 spiro atoms. The van der Waals surface area contributed by atoms with Crippen LogP contribution < -0.4 is 31.7 Å². The van der Waals surface area contributed by atoms with E-state index in [1.807, 2.05) is 0 Å². The molecule has 1 N–H and O–H groups in total. The summed E-state index contributed by atoms with van der Waals surface area (Å²) in [5.41, 5.74) is 27.5. The predicted octanol–water partition coefficient (Wildman–Crippen LogP) is 16.1. The minimum Gasteiger partial charge on any atom is -0.375 e. The number of para-hydroxylation sites is 2. The molecule has 1 radical (unpaired) electrons. The molecule has 0 fully saturated rings. The average molecular weight is 984 g/mol. The fourth-order valence-electron chi connectivity index (χ4n) is 13.2. The van der Waals surface area contributed by atoms with Gasteiger partial charge in [0.05, 0.1) is 5.52 Å². The van der Waals surface area contributed by atoms with Crippen molar-refractivity contribution in [1.29, 1.82) is 0 Å². The molecule has 6 heteroatoms. The van der Waals surface area contributed by atoms with Crippen LogP contribution >= 0.6 is 0 Å². The maximum Gasteiger partial charge on any atom is 0.333 e. The van der Waals surface area contributed by atoms with Crippen molar-refractivity contribution in [3.63, 3.8) is 0 Å². The Bertz CT molecular complexity index is 4240. The van der Waals surface area contributed by atoms with Crippen molar-refractivity contribution in [2.75, 3.05) is 9.80 Å². The van der Waals surface area contributed by atoms with E-state index in [0.29, 0.717) is 0 Å². The third-order valence-electron chi connectivity index (χ3n) is 17.2. The lowest BCUT2D eigenvalue weighted by Crippen LogP contribution is -2.56. The Hall–Kier alpha value is -7.69. The van der Waals surface area contributed by atoms with Crippen LogP contribution in [0.1, 0.15) is 105 Å². The van der Waals surface area contributed by atoms with Gasteiger partial charge >= 0.3 is 6.85 Å². The lowest BCUT2D eigenvalue weighted by atomic mass is 9.45. The maximum absolute atomic E-state index is 4.15. The molecule has 0 saturated carbocycles. The van der Waals surface area contributed by atoms with Crippen LogP contribution in [-0.2, 0) is 21.7 Å². The zero-order valence-corrected chi connectivity index (χ0v) is 46.2. The topological polar surface area (TPSA) is 27.2 Å². The second-order valence-corrected chi connectivity index (χ2v) is 26.1. The van der Waals surface area contributed by atoms with Gasteiger partial charge in [0.1, 0.15) is 0 Å². The summed E-state index contributed by atoms with van der Waals surface area (Å²) in [6.07, 6.45) is 0. The summed E-state index contributed by atoms with van der Waals surface area (Å²) < 4.78 is 2.75. The Balaban J connectivity index is 1.11. The highest BCUT2D eigenvalue weighted by Gasteiger charge is 2.45. The number of aromatic amines is 1. The molecule has 0 bridgehead atoms. The van der Waals surface area contributed by atoms with E-state index in [1.165, 1.54) is 133 Å². The van der Waals surface area contributed by atoms with Gasteiger partial charge in [0, 0.05) is 83.3 Å². The average Bonchev–Trinajstić information content (AvgIpc) is 3.79. The highest BCUT2D eigenvalue weighted by molar-refractivity contribution is 6.90. The Kier molecular flexibility index (Phi) is 9.81. The van der Waals surface area contributed by atoms with Crippen LogP contribution in [0.25, 0.3) is 65.9 Å². The normalized spacial score (nSPS) is 14.1. The molecule has 11 aromatic rings. The van der Waals surface area contributed by atoms with Crippen LogP contribution in [0.5, 0.6) is 0 Å². The van der Waals surface area contributed by atoms with E-state index in [4.69, 9.17) is 0 Å². The Labute approximate surface area is 449 Å². The van der Waals surface area contributed by atoms with Gasteiger partial charge in [0.15, 0.2) is 7.28 Å². The minimum atomic E-state index is -0.0868. The zero-order chi connectivity index (χ0) is 52.5. The van der Waals surface area contributed by atoms with E-state index in [9.17, 15) is 0 Å². The van der Waals surface area contributed by atoms with Crippen molar-refractivity contribution in [2.45, 2.75) is 105 Å². The molecule has 3 aliphatic rings. The first-order valence-corrected chi connectivity index (χ1v) is 27.5. The standard InChI is InChI=1S/C70H65B2N4/c1-67(2,3)41-27-33-45(34-28-41)74-55-38-32-43(69(7,8)9)39-51(55)71-63-49(21-17-25-56(63)74)60-61-48-20-14-16-24-54(48)76-66(61)62(59-47-19-13-15-23-53(47)73-65(59)60)50-22-18-26-57-64(50)72(76)52-37-31-44(70(10,11)12)40-58(52)75(57)46-35-29-42(30-36-46)68(4,5)6/h13-40,73H,1-12H3. The molecule has 0 unspecified atom stereocenters. The molecule has 14 rings (SSSR count). The summed E-state index contributed by atoms with van der Waals surface area (Å²) in [5, 5.41) is 5.04. The van der Waals surface area contributed by atoms with Crippen molar-refractivity contribution in [1.82, 2.24) is 9.46 Å². The van der Waals surface area contributed by atoms with Gasteiger partial charge in [-0.25, -0.2) is 0 Å². The number of hydrogen-bond acceptors (Lipinski definition) is 2. The van der Waals surface area contributed by atoms with Gasteiger partial charge in [-0.1, -0.05) is 198 Å². The number of hydrogen-bond donors (Lipinski definition) is 1. The van der Waals surface area contributed by atoms with Crippen LogP contribution in [0.4, 0.5) is 34.1 Å². The molecule has 2 aromatic heterocycles. The molecule has 371 valence electrons. The molecule has 0 atom stereocenters. The lowest BCUT2D eigenvalue weighted by Gasteiger charge is -2.41. The number of H-pyrrole nitrogens is 1. The second kappa shape index (κ2) is 15.9. The van der Waals surface area contributed by atoms with Gasteiger partial charge in [0.2, 0.25) is 0 Å². The molecule has 3 aliphatic heterocycles. The number of nitrogens with one attached hydrogen (secondary N) is 1. The van der Waals surface area contributed by atoms with E-state index in [-0.39, 0.29) is 28.5 Å². The molecule has 0 amide bonds. The Morgan fingerprint density at radius 3 is 1.64 bits per heavy atom. The van der Waals surface area contributed by atoms with Gasteiger partial charge in [-0.3, -0.25) is 0 Å². The third-order valence-corrected chi connectivity index (χ3v) is 17.2. The largest absolute Gasteiger partial charge is 0.375 e. The van der Waals surface area contributed by atoms with Crippen LogP contribution in [0.2, 0.25) is 0 Å². The molecule has 5 heterocycles. The van der Waals surface area contributed by atoms with E-state index < -0.39 is 0 Å². The molecular weight excluding hydrogens is 918 g/mol. The SMILES string of the molecule is CC(C)(C)c1ccc(N2c3ccc(C(C)(C)C)cc3[B]c3c(-c4c5[nH]c6ccccc6c5c5c6c4c4ccccc4n6B4c6ccc(C(C)(C)C)cc6N(c6ccc(C(C)(C)C)cc6)c6cccc-5c64)cccc32)cc1. The summed E-state index contributed by atoms with van der Waals surface area (Å²) in [5.74, 6) is 0. The molecule has 4 nitrogen and oxygen atoms in total. The fourth-order valence-corrected chi connectivity index (χ4v) is 13.2. The van der Waals surface area contributed by atoms with Gasteiger partial charge in [-0.15, -0.1) is 0 Å². The zero-order valence-electron chi connectivity index (χ0n) is 46.2. The van der Waals surface area contributed by atoms with E-state index >= 15 is 0 Å². The summed E-state index contributed by atoms with van der Waals surface area (Å²) in [7, 11) is 2.49. The first kappa shape index (κ1) is 46.8. The van der Waals surface area contributed by atoms with Gasteiger partial charge in [0.25, 0.3) is 0 Å². The monoisotopic (exact) mass is 984 g/mol. The van der Waals surface area contributed by atoms with E-state index in [1.54, 1.807) is 0 Å². The van der Waals surface area contributed by atoms with E-state index in [2.05, 4.69) is 279 Å². The van der Waals surface area contributed by atoms with E-state index in [0.717, 1.165) is 11.2 Å². The lowest BCUT2D eigenvalue weighted by molar-refractivity contribution is 0.590. The molecule has 0 saturated heterocycles. The van der Waals surface area contributed by atoms with Gasteiger partial charge in [-0.2, -0.15) is 0 Å². The molecule has 76 heavy (non-hydrogen) atoms. The minimum absolute atomic E-state index is 0.0217.